The third-order valence-corrected chi connectivity index (χ3v) is 7.70. The maximum absolute atomic E-state index is 14.3. The van der Waals surface area contributed by atoms with Gasteiger partial charge in [0.2, 0.25) is 18.1 Å². The number of esters is 4. The second-order valence-electron chi connectivity index (χ2n) is 12.9. The van der Waals surface area contributed by atoms with Crippen molar-refractivity contribution in [2.24, 2.45) is 0 Å². The summed E-state index contributed by atoms with van der Waals surface area (Å²) in [5, 5.41) is 5.96. The molecule has 272 valence electrons. The lowest BCUT2D eigenvalue weighted by Gasteiger charge is -2.45. The Hall–Kier alpha value is -5.19. The second-order valence-corrected chi connectivity index (χ2v) is 12.9. The molecule has 6 atom stereocenters. The number of ether oxygens (including phenoxy) is 6. The minimum absolute atomic E-state index is 0.0237. The number of rotatable bonds is 9. The van der Waals surface area contributed by atoms with Crippen molar-refractivity contribution in [1.82, 2.24) is 20.5 Å². The van der Waals surface area contributed by atoms with Crippen LogP contribution in [-0.4, -0.2) is 107 Å². The van der Waals surface area contributed by atoms with Crippen LogP contribution in [-0.2, 0) is 70.2 Å². The van der Waals surface area contributed by atoms with E-state index in [1.165, 1.54) is 4.90 Å². The summed E-state index contributed by atoms with van der Waals surface area (Å²) in [5.41, 5.74) is 1.42. The molecule has 17 nitrogen and oxygen atoms in total. The van der Waals surface area contributed by atoms with Crippen LogP contribution in [0.2, 0.25) is 0 Å². The zero-order valence-electron chi connectivity index (χ0n) is 28.9. The minimum Gasteiger partial charge on any atom is -0.463 e. The van der Waals surface area contributed by atoms with Crippen LogP contribution in [0.1, 0.15) is 59.7 Å². The van der Waals surface area contributed by atoms with Crippen molar-refractivity contribution in [3.63, 3.8) is 0 Å². The fraction of sp³-hybridized carbons (Fsp3) is 0.545. The first-order chi connectivity index (χ1) is 23.4. The average Bonchev–Trinajstić information content (AvgIpc) is 3.37. The van der Waals surface area contributed by atoms with E-state index in [4.69, 9.17) is 28.4 Å². The molecular weight excluding hydrogens is 660 g/mol. The van der Waals surface area contributed by atoms with E-state index in [1.54, 1.807) is 20.8 Å². The first-order valence-corrected chi connectivity index (χ1v) is 15.9. The molecule has 2 aromatic rings. The van der Waals surface area contributed by atoms with Crippen LogP contribution >= 0.6 is 0 Å². The van der Waals surface area contributed by atoms with Gasteiger partial charge in [-0.05, 0) is 32.4 Å². The second kappa shape index (κ2) is 15.6. The lowest BCUT2D eigenvalue weighted by Crippen LogP contribution is -2.68. The van der Waals surface area contributed by atoms with Crippen molar-refractivity contribution in [1.29, 1.82) is 0 Å². The molecular formula is C33H42N4O13. The smallest absolute Gasteiger partial charge is 0.408 e. The Labute approximate surface area is 287 Å². The van der Waals surface area contributed by atoms with Gasteiger partial charge in [0, 0.05) is 50.7 Å². The summed E-state index contributed by atoms with van der Waals surface area (Å²) >= 11 is 0. The number of nitrogens with zero attached hydrogens (tertiary/aromatic N) is 1. The van der Waals surface area contributed by atoms with Crippen LogP contribution in [0.5, 0.6) is 0 Å². The number of alkyl carbamates (subject to hydrolysis) is 1. The van der Waals surface area contributed by atoms with E-state index in [2.05, 4.69) is 15.6 Å². The summed E-state index contributed by atoms with van der Waals surface area (Å²) < 4.78 is 32.6. The van der Waals surface area contributed by atoms with E-state index >= 15 is 0 Å². The number of benzene rings is 1. The van der Waals surface area contributed by atoms with E-state index < -0.39 is 97.2 Å². The van der Waals surface area contributed by atoms with E-state index in [0.29, 0.717) is 5.69 Å². The predicted octanol–water partition coefficient (Wildman–Crippen LogP) is 1.15. The zero-order valence-corrected chi connectivity index (χ0v) is 28.9. The number of carbonyl (C=O) groups excluding carboxylic acids is 7. The highest BCUT2D eigenvalue weighted by Crippen LogP contribution is 2.32. The first kappa shape index (κ1) is 37.6. The van der Waals surface area contributed by atoms with Gasteiger partial charge in [0.1, 0.15) is 36.9 Å². The number of aromatic nitrogens is 1. The van der Waals surface area contributed by atoms with Gasteiger partial charge in [-0.3, -0.25) is 28.8 Å². The molecule has 3 heterocycles. The molecule has 1 aromatic carbocycles. The molecule has 0 radical (unpaired) electrons. The topological polar surface area (TPSA) is 218 Å². The summed E-state index contributed by atoms with van der Waals surface area (Å²) in [7, 11) is 0. The number of hydrogen-bond acceptors (Lipinski definition) is 13. The highest BCUT2D eigenvalue weighted by atomic mass is 16.7. The Morgan fingerprint density at radius 2 is 1.54 bits per heavy atom. The highest BCUT2D eigenvalue weighted by molar-refractivity contribution is 5.93. The van der Waals surface area contributed by atoms with Crippen molar-refractivity contribution >= 4 is 52.7 Å². The van der Waals surface area contributed by atoms with Crippen molar-refractivity contribution in [2.75, 3.05) is 13.2 Å². The Morgan fingerprint density at radius 3 is 2.16 bits per heavy atom. The number of para-hydroxylation sites is 1. The summed E-state index contributed by atoms with van der Waals surface area (Å²) in [6.07, 6.45) is -6.67. The lowest BCUT2D eigenvalue weighted by molar-refractivity contribution is -0.271. The van der Waals surface area contributed by atoms with Crippen LogP contribution in [0.4, 0.5) is 4.79 Å². The molecule has 3 amide bonds. The molecule has 17 heteroatoms. The number of amides is 3. The zero-order chi connectivity index (χ0) is 36.9. The fourth-order valence-corrected chi connectivity index (χ4v) is 5.85. The SMILES string of the molecule is CC(=O)OC[C@H]1O[C@@H](OC(C)=O)[C@H](NC(=O)[C@@H]2Cc3c([nH]c4ccccc34)CN2C(=O)CNC(=O)OC(C)(C)C)[C@@H](OC(C)=O)[C@@H]1OC(C)=O. The highest BCUT2D eigenvalue weighted by Gasteiger charge is 2.53. The maximum Gasteiger partial charge on any atom is 0.408 e. The molecule has 0 bridgehead atoms. The number of aromatic amines is 1. The molecule has 0 aliphatic carbocycles. The molecule has 0 unspecified atom stereocenters. The van der Waals surface area contributed by atoms with Gasteiger partial charge >= 0.3 is 30.0 Å². The molecule has 3 N–H and O–H groups in total. The molecule has 1 fully saturated rings. The number of H-pyrrole nitrogens is 1. The third-order valence-electron chi connectivity index (χ3n) is 7.70. The molecule has 0 saturated carbocycles. The number of carbonyl (C=O) groups is 7. The lowest BCUT2D eigenvalue weighted by atomic mass is 9.93. The Balaban J connectivity index is 1.70. The van der Waals surface area contributed by atoms with Crippen molar-refractivity contribution < 1.29 is 62.0 Å². The largest absolute Gasteiger partial charge is 0.463 e. The van der Waals surface area contributed by atoms with Crippen LogP contribution in [0.15, 0.2) is 24.3 Å². The predicted molar refractivity (Wildman–Crippen MR) is 171 cm³/mol. The molecule has 2 aliphatic heterocycles. The third kappa shape index (κ3) is 9.49. The maximum atomic E-state index is 14.3. The number of fused-ring (bicyclic) bond motifs is 3. The van der Waals surface area contributed by atoms with Gasteiger partial charge in [-0.15, -0.1) is 0 Å². The summed E-state index contributed by atoms with van der Waals surface area (Å²) in [5.74, 6) is -4.57. The van der Waals surface area contributed by atoms with Gasteiger partial charge in [0.05, 0.1) is 6.54 Å². The Morgan fingerprint density at radius 1 is 0.900 bits per heavy atom. The quantitative estimate of drug-likeness (QED) is 0.247. The Bertz CT molecular complexity index is 1650. The molecule has 2 aliphatic rings. The molecule has 0 spiro atoms. The normalized spacial score (nSPS) is 23.1. The van der Waals surface area contributed by atoms with Gasteiger partial charge in [-0.25, -0.2) is 4.79 Å². The molecule has 1 saturated heterocycles. The summed E-state index contributed by atoms with van der Waals surface area (Å²) in [6.45, 7) is 8.38. The van der Waals surface area contributed by atoms with Gasteiger partial charge in [0.25, 0.3) is 0 Å². The Kier molecular flexibility index (Phi) is 11.7. The molecule has 1 aromatic heterocycles. The van der Waals surface area contributed by atoms with Gasteiger partial charge < -0.3 is 48.9 Å². The van der Waals surface area contributed by atoms with E-state index in [-0.39, 0.29) is 13.0 Å². The average molecular weight is 703 g/mol. The van der Waals surface area contributed by atoms with Crippen LogP contribution in [0.3, 0.4) is 0 Å². The van der Waals surface area contributed by atoms with Gasteiger partial charge in [-0.1, -0.05) is 18.2 Å². The van der Waals surface area contributed by atoms with Crippen molar-refractivity contribution in [3.05, 3.63) is 35.5 Å². The monoisotopic (exact) mass is 702 g/mol. The van der Waals surface area contributed by atoms with Crippen LogP contribution < -0.4 is 10.6 Å². The van der Waals surface area contributed by atoms with Gasteiger partial charge in [0.15, 0.2) is 12.2 Å². The fourth-order valence-electron chi connectivity index (χ4n) is 5.85. The number of nitrogens with one attached hydrogen (secondary N) is 3. The van der Waals surface area contributed by atoms with E-state index in [0.717, 1.165) is 44.2 Å². The van der Waals surface area contributed by atoms with E-state index in [9.17, 15) is 33.6 Å². The first-order valence-electron chi connectivity index (χ1n) is 15.9. The molecule has 4 rings (SSSR count). The van der Waals surface area contributed by atoms with Gasteiger partial charge in [-0.2, -0.15) is 0 Å². The van der Waals surface area contributed by atoms with Crippen molar-refractivity contribution in [2.45, 2.75) is 104 Å². The summed E-state index contributed by atoms with van der Waals surface area (Å²) in [4.78, 5) is 93.2. The molecule has 50 heavy (non-hydrogen) atoms. The van der Waals surface area contributed by atoms with Crippen LogP contribution in [0.25, 0.3) is 10.9 Å². The summed E-state index contributed by atoms with van der Waals surface area (Å²) in [6, 6.07) is 4.72. The minimum atomic E-state index is -1.63. The van der Waals surface area contributed by atoms with E-state index in [1.807, 2.05) is 24.3 Å². The standard InChI is InChI=1S/C33H42N4O13/c1-16(38)45-15-25-28(46-17(2)39)29(47-18(3)40)27(31(49-25)48-19(4)41)36-30(43)24-12-21-20-10-8-9-11-22(20)35-23(21)14-37(24)26(42)13-34-32(44)50-33(5,6)7/h8-11,24-25,27-29,31,35H,12-15H2,1-7H3,(H,34,44)(H,36,43)/t24-,25+,27+,28+,29+,31+/m0/s1. The van der Waals surface area contributed by atoms with Crippen LogP contribution in [0, 0.1) is 0 Å². The number of hydrogen-bond donors (Lipinski definition) is 3. The van der Waals surface area contributed by atoms with Crippen molar-refractivity contribution in [3.8, 4) is 0 Å².